The van der Waals surface area contributed by atoms with Gasteiger partial charge in [-0.2, -0.15) is 5.26 Å². The Balaban J connectivity index is 1.65. The highest BCUT2D eigenvalue weighted by Crippen LogP contribution is 2.37. The van der Waals surface area contributed by atoms with Crippen LogP contribution in [0.1, 0.15) is 34.2 Å². The van der Waals surface area contributed by atoms with Crippen LogP contribution < -0.4 is 15.2 Å². The van der Waals surface area contributed by atoms with Crippen molar-refractivity contribution in [2.45, 2.75) is 45.1 Å². The number of carbonyl (C=O) groups is 1. The van der Waals surface area contributed by atoms with Crippen LogP contribution in [0.15, 0.2) is 84.9 Å². The molecule has 2 atom stereocenters. The number of nitriles is 1. The fourth-order valence-corrected chi connectivity index (χ4v) is 4.65. The number of carboxylic acid groups (broad SMARTS) is 1. The lowest BCUT2D eigenvalue weighted by Gasteiger charge is -2.18. The van der Waals surface area contributed by atoms with Crippen molar-refractivity contribution in [1.82, 2.24) is 0 Å². The molecule has 0 heterocycles. The lowest BCUT2D eigenvalue weighted by molar-refractivity contribution is -0.386. The van der Waals surface area contributed by atoms with Crippen molar-refractivity contribution >= 4 is 11.7 Å². The number of nitro benzene ring substituents is 1. The number of hydrogen-bond acceptors (Lipinski definition) is 8. The lowest BCUT2D eigenvalue weighted by Crippen LogP contribution is -2.41. The Kier molecular flexibility index (Phi) is 10.1. The van der Waals surface area contributed by atoms with Crippen molar-refractivity contribution in [3.63, 3.8) is 0 Å². The molecule has 0 aromatic heterocycles. The maximum Gasteiger partial charge on any atom is 0.323 e. The number of hydrogen-bond donors (Lipinski definition) is 3. The minimum Gasteiger partial charge on any atom is -0.488 e. The Morgan fingerprint density at radius 1 is 0.977 bits per heavy atom. The number of nitrogens with zero attached hydrogens (tertiary/aromatic N) is 2. The highest BCUT2D eigenvalue weighted by atomic mass is 16.6. The first-order valence-corrected chi connectivity index (χ1v) is 13.5. The van der Waals surface area contributed by atoms with Gasteiger partial charge >= 0.3 is 11.7 Å². The topological polar surface area (TPSA) is 169 Å². The third-order valence-electron chi connectivity index (χ3n) is 7.11. The van der Waals surface area contributed by atoms with E-state index in [1.54, 1.807) is 24.3 Å². The summed E-state index contributed by atoms with van der Waals surface area (Å²) in [6, 6.07) is 25.8. The first kappa shape index (κ1) is 30.7. The molecule has 0 aliphatic heterocycles. The third kappa shape index (κ3) is 7.74. The second-order valence-electron chi connectivity index (χ2n) is 10.0. The number of carboxylic acids is 1. The van der Waals surface area contributed by atoms with Gasteiger partial charge in [0.25, 0.3) is 0 Å². The quantitative estimate of drug-likeness (QED) is 0.140. The fraction of sp³-hybridized carbons (Fsp3) is 0.212. The Morgan fingerprint density at radius 3 is 2.40 bits per heavy atom. The first-order chi connectivity index (χ1) is 20.7. The highest BCUT2D eigenvalue weighted by molar-refractivity contribution is 5.73. The third-order valence-corrected chi connectivity index (χ3v) is 7.11. The van der Waals surface area contributed by atoms with Crippen molar-refractivity contribution < 1.29 is 29.4 Å². The zero-order valence-corrected chi connectivity index (χ0v) is 23.5. The number of aliphatic hydroxyl groups excluding tert-OH is 1. The van der Waals surface area contributed by atoms with Crippen molar-refractivity contribution in [1.29, 1.82) is 5.26 Å². The summed E-state index contributed by atoms with van der Waals surface area (Å²) in [4.78, 5) is 22.7. The van der Waals surface area contributed by atoms with Crippen LogP contribution in [0.3, 0.4) is 0 Å². The van der Waals surface area contributed by atoms with E-state index >= 15 is 0 Å². The van der Waals surface area contributed by atoms with E-state index in [2.05, 4.69) is 6.07 Å². The smallest absolute Gasteiger partial charge is 0.323 e. The van der Waals surface area contributed by atoms with E-state index in [-0.39, 0.29) is 43.2 Å². The Bertz CT molecular complexity index is 1650. The fourth-order valence-electron chi connectivity index (χ4n) is 4.65. The summed E-state index contributed by atoms with van der Waals surface area (Å²) in [6.07, 6.45) is -1.40. The molecule has 0 aliphatic carbocycles. The van der Waals surface area contributed by atoms with E-state index in [1.165, 1.54) is 12.1 Å². The zero-order chi connectivity index (χ0) is 30.9. The van der Waals surface area contributed by atoms with Crippen molar-refractivity contribution in [3.05, 3.63) is 123 Å². The highest BCUT2D eigenvalue weighted by Gasteiger charge is 2.25. The summed E-state index contributed by atoms with van der Waals surface area (Å²) in [5, 5.41) is 40.7. The van der Waals surface area contributed by atoms with Gasteiger partial charge in [0, 0.05) is 17.7 Å². The number of aliphatic carboxylic acids is 1. The summed E-state index contributed by atoms with van der Waals surface area (Å²) in [5.41, 5.74) is 10.7. The normalized spacial score (nSPS) is 12.1. The molecule has 0 radical (unpaired) electrons. The molecule has 0 amide bonds. The number of benzene rings is 4. The predicted octanol–water partition coefficient (Wildman–Crippen LogP) is 5.31. The minimum absolute atomic E-state index is 0.0122. The molecule has 4 rings (SSSR count). The van der Waals surface area contributed by atoms with E-state index < -0.39 is 23.0 Å². The summed E-state index contributed by atoms with van der Waals surface area (Å²) in [6.45, 7) is 2.08. The first-order valence-electron chi connectivity index (χ1n) is 13.5. The SMILES string of the molecule is Cc1c(COc2cc(OCc3cccc(C#N)c3)c(CC[C@@H](O)[C@H](N)C(=O)O)cc2[N+](=O)[O-])cccc1-c1ccccc1. The Morgan fingerprint density at radius 2 is 1.70 bits per heavy atom. The number of ether oxygens (including phenoxy) is 2. The van der Waals surface area contributed by atoms with Crippen LogP contribution in [0.4, 0.5) is 5.69 Å². The van der Waals surface area contributed by atoms with Crippen LogP contribution in [-0.4, -0.2) is 33.3 Å². The molecule has 0 bridgehead atoms. The molecule has 0 fully saturated rings. The van der Waals surface area contributed by atoms with Gasteiger partial charge in [-0.25, -0.2) is 0 Å². The molecule has 4 N–H and O–H groups in total. The van der Waals surface area contributed by atoms with Gasteiger partial charge in [0.2, 0.25) is 5.75 Å². The van der Waals surface area contributed by atoms with Gasteiger partial charge in [0.1, 0.15) is 25.0 Å². The second-order valence-corrected chi connectivity index (χ2v) is 10.0. The number of nitrogens with two attached hydrogens (primary N) is 1. The molecule has 0 spiro atoms. The van der Waals surface area contributed by atoms with E-state index in [1.807, 2.05) is 55.5 Å². The molecular weight excluding hydrogens is 550 g/mol. The average molecular weight is 582 g/mol. The summed E-state index contributed by atoms with van der Waals surface area (Å²) < 4.78 is 12.1. The van der Waals surface area contributed by atoms with E-state index in [9.17, 15) is 25.3 Å². The molecule has 0 saturated heterocycles. The van der Waals surface area contributed by atoms with Gasteiger partial charge in [-0.15, -0.1) is 0 Å². The van der Waals surface area contributed by atoms with Crippen molar-refractivity contribution in [3.8, 4) is 28.7 Å². The second kappa shape index (κ2) is 14.1. The number of aryl methyl sites for hydroxylation is 1. The summed E-state index contributed by atoms with van der Waals surface area (Å²) in [5.74, 6) is -1.11. The van der Waals surface area contributed by atoms with Crippen molar-refractivity contribution in [2.75, 3.05) is 0 Å². The molecule has 0 unspecified atom stereocenters. The van der Waals surface area contributed by atoms with Crippen LogP contribution in [0.2, 0.25) is 0 Å². The van der Waals surface area contributed by atoms with Gasteiger partial charge < -0.3 is 25.4 Å². The maximum atomic E-state index is 12.1. The van der Waals surface area contributed by atoms with Gasteiger partial charge in [-0.05, 0) is 59.7 Å². The molecule has 0 saturated carbocycles. The van der Waals surface area contributed by atoms with Crippen LogP contribution in [-0.2, 0) is 24.4 Å². The van der Waals surface area contributed by atoms with Crippen LogP contribution >= 0.6 is 0 Å². The molecule has 220 valence electrons. The molecule has 4 aromatic rings. The van der Waals surface area contributed by atoms with E-state index in [4.69, 9.17) is 20.3 Å². The van der Waals surface area contributed by atoms with Crippen LogP contribution in [0.5, 0.6) is 11.5 Å². The predicted molar refractivity (Wildman–Crippen MR) is 159 cm³/mol. The van der Waals surface area contributed by atoms with Gasteiger partial charge in [0.15, 0.2) is 0 Å². The van der Waals surface area contributed by atoms with E-state index in [0.717, 1.165) is 22.3 Å². The molecular formula is C33H31N3O7. The largest absolute Gasteiger partial charge is 0.488 e. The Labute approximate surface area is 248 Å². The standard InChI is InChI=1S/C33H31N3O7/c1-21-26(11-6-12-27(21)24-9-3-2-4-10-24)20-43-31-17-30(42-19-23-8-5-7-22(15-23)18-34)25(16-28(31)36(40)41)13-14-29(37)32(35)33(38)39/h2-12,15-17,29,32,37H,13-14,19-20,35H2,1H3,(H,38,39)/t29-,32+/m1/s1. The molecule has 0 aliphatic rings. The van der Waals surface area contributed by atoms with Gasteiger partial charge in [0.05, 0.1) is 22.7 Å². The number of aliphatic hydroxyl groups is 1. The summed E-state index contributed by atoms with van der Waals surface area (Å²) in [7, 11) is 0. The van der Waals surface area contributed by atoms with Crippen LogP contribution in [0, 0.1) is 28.4 Å². The average Bonchev–Trinajstić information content (AvgIpc) is 3.02. The number of rotatable bonds is 13. The molecule has 10 heteroatoms. The summed E-state index contributed by atoms with van der Waals surface area (Å²) >= 11 is 0. The maximum absolute atomic E-state index is 12.1. The zero-order valence-electron chi connectivity index (χ0n) is 23.5. The van der Waals surface area contributed by atoms with E-state index in [0.29, 0.717) is 16.7 Å². The Hall–Kier alpha value is -5.24. The monoisotopic (exact) mass is 581 g/mol. The minimum atomic E-state index is -1.51. The van der Waals surface area contributed by atoms with Gasteiger partial charge in [-0.3, -0.25) is 14.9 Å². The molecule has 4 aromatic carbocycles. The van der Waals surface area contributed by atoms with Gasteiger partial charge in [-0.1, -0.05) is 60.7 Å². The molecule has 43 heavy (non-hydrogen) atoms. The molecule has 10 nitrogen and oxygen atoms in total. The lowest BCUT2D eigenvalue weighted by atomic mass is 9.97. The number of nitro groups is 1. The van der Waals surface area contributed by atoms with Crippen LogP contribution in [0.25, 0.3) is 11.1 Å². The van der Waals surface area contributed by atoms with Crippen molar-refractivity contribution in [2.24, 2.45) is 5.73 Å².